The van der Waals surface area contributed by atoms with Crippen molar-refractivity contribution in [2.24, 2.45) is 0 Å². The highest BCUT2D eigenvalue weighted by Gasteiger charge is 2.43. The van der Waals surface area contributed by atoms with Crippen molar-refractivity contribution in [1.29, 1.82) is 0 Å². The number of nitrogens with one attached hydrogen (secondary N) is 1. The lowest BCUT2D eigenvalue weighted by Crippen LogP contribution is -2.60. The van der Waals surface area contributed by atoms with Gasteiger partial charge in [-0.25, -0.2) is 0 Å². The Morgan fingerprint density at radius 1 is 1.06 bits per heavy atom. The van der Waals surface area contributed by atoms with Crippen molar-refractivity contribution < 1.29 is 9.53 Å². The number of nitrogens with zero attached hydrogens (tertiary/aromatic N) is 2. The third kappa shape index (κ3) is 5.01. The number of ether oxygens (including phenoxy) is 1. The molecule has 0 bridgehead atoms. The average molecular weight is 416 g/mol. The Hall–Kier alpha value is -3.02. The number of hydrogen-bond acceptors (Lipinski definition) is 4. The number of pyridine rings is 1. The maximum absolute atomic E-state index is 13.0. The molecule has 1 atom stereocenters. The topological polar surface area (TPSA) is 54.5 Å². The SMILES string of the molecule is CNC(=O)[C@@]1(Cc2ccc(-c3ccncc3)cc2)CN(Cc2cccc(C)c2)CCO1. The number of likely N-dealkylation sites (N-methyl/N-ethyl adjacent to an activating group) is 1. The molecule has 4 rings (SSSR count). The van der Waals surface area contributed by atoms with Gasteiger partial charge in [0, 0.05) is 45.5 Å². The highest BCUT2D eigenvalue weighted by atomic mass is 16.5. The van der Waals surface area contributed by atoms with Crippen LogP contribution in [-0.2, 0) is 22.5 Å². The second kappa shape index (κ2) is 9.41. The van der Waals surface area contributed by atoms with Crippen LogP contribution in [0.4, 0.5) is 0 Å². The summed E-state index contributed by atoms with van der Waals surface area (Å²) in [6, 6.07) is 20.9. The predicted molar refractivity (Wildman–Crippen MR) is 123 cm³/mol. The standard InChI is InChI=1S/C26H29N3O2/c1-20-4-3-5-22(16-20)18-29-14-15-31-26(19-29,25(30)27-2)17-21-6-8-23(9-7-21)24-10-12-28-13-11-24/h3-13,16H,14-15,17-19H2,1-2H3,(H,27,30)/t26-/m1/s1. The summed E-state index contributed by atoms with van der Waals surface area (Å²) in [5, 5.41) is 2.83. The van der Waals surface area contributed by atoms with E-state index in [1.54, 1.807) is 19.4 Å². The first kappa shape index (κ1) is 21.2. The van der Waals surface area contributed by atoms with E-state index < -0.39 is 5.60 Å². The zero-order valence-electron chi connectivity index (χ0n) is 18.2. The molecule has 1 aromatic heterocycles. The monoisotopic (exact) mass is 415 g/mol. The van der Waals surface area contributed by atoms with Crippen LogP contribution < -0.4 is 5.32 Å². The normalized spacial score (nSPS) is 19.2. The zero-order valence-corrected chi connectivity index (χ0v) is 18.2. The minimum absolute atomic E-state index is 0.0698. The first-order valence-electron chi connectivity index (χ1n) is 10.7. The number of carbonyl (C=O) groups excluding carboxylic acids is 1. The molecular formula is C26H29N3O2. The molecule has 1 saturated heterocycles. The summed E-state index contributed by atoms with van der Waals surface area (Å²) in [7, 11) is 1.68. The van der Waals surface area contributed by atoms with E-state index in [1.165, 1.54) is 11.1 Å². The van der Waals surface area contributed by atoms with Crippen molar-refractivity contribution in [3.05, 3.63) is 89.7 Å². The van der Waals surface area contributed by atoms with Crippen LogP contribution in [0.5, 0.6) is 0 Å². The van der Waals surface area contributed by atoms with Crippen molar-refractivity contribution in [2.45, 2.75) is 25.5 Å². The molecule has 0 spiro atoms. The van der Waals surface area contributed by atoms with Crippen LogP contribution in [0, 0.1) is 6.92 Å². The van der Waals surface area contributed by atoms with Gasteiger partial charge < -0.3 is 10.1 Å². The number of rotatable bonds is 6. The van der Waals surface area contributed by atoms with Gasteiger partial charge in [-0.05, 0) is 41.3 Å². The number of benzene rings is 2. The van der Waals surface area contributed by atoms with E-state index in [0.717, 1.165) is 29.8 Å². The van der Waals surface area contributed by atoms with E-state index in [9.17, 15) is 4.79 Å². The van der Waals surface area contributed by atoms with E-state index in [0.29, 0.717) is 19.6 Å². The second-order valence-electron chi connectivity index (χ2n) is 8.23. The van der Waals surface area contributed by atoms with Gasteiger partial charge >= 0.3 is 0 Å². The van der Waals surface area contributed by atoms with Crippen molar-refractivity contribution in [3.8, 4) is 11.1 Å². The Morgan fingerprint density at radius 2 is 1.81 bits per heavy atom. The number of morpholine rings is 1. The summed E-state index contributed by atoms with van der Waals surface area (Å²) >= 11 is 0. The first-order chi connectivity index (χ1) is 15.1. The van der Waals surface area contributed by atoms with Crippen molar-refractivity contribution >= 4 is 5.91 Å². The molecule has 1 aliphatic rings. The molecule has 1 fully saturated rings. The average Bonchev–Trinajstić information content (AvgIpc) is 2.80. The lowest BCUT2D eigenvalue weighted by Gasteiger charge is -2.41. The highest BCUT2D eigenvalue weighted by Crippen LogP contribution is 2.27. The molecule has 160 valence electrons. The zero-order chi connectivity index (χ0) is 21.7. The Morgan fingerprint density at radius 3 is 2.52 bits per heavy atom. The van der Waals surface area contributed by atoms with E-state index in [4.69, 9.17) is 4.74 Å². The molecule has 31 heavy (non-hydrogen) atoms. The van der Waals surface area contributed by atoms with Gasteiger partial charge in [0.15, 0.2) is 5.60 Å². The predicted octanol–water partition coefficient (Wildman–Crippen LogP) is 3.62. The maximum Gasteiger partial charge on any atom is 0.253 e. The quantitative estimate of drug-likeness (QED) is 0.668. The van der Waals surface area contributed by atoms with Gasteiger partial charge in [-0.3, -0.25) is 14.7 Å². The number of amides is 1. The lowest BCUT2D eigenvalue weighted by molar-refractivity contribution is -0.160. The fourth-order valence-corrected chi connectivity index (χ4v) is 4.30. The summed E-state index contributed by atoms with van der Waals surface area (Å²) in [6.45, 7) is 4.83. The van der Waals surface area contributed by atoms with Gasteiger partial charge in [0.25, 0.3) is 5.91 Å². The fraction of sp³-hybridized carbons (Fsp3) is 0.308. The molecule has 5 nitrogen and oxygen atoms in total. The summed E-state index contributed by atoms with van der Waals surface area (Å²) < 4.78 is 6.17. The molecule has 2 aromatic carbocycles. The molecule has 1 amide bonds. The lowest BCUT2D eigenvalue weighted by atomic mass is 9.90. The van der Waals surface area contributed by atoms with Crippen LogP contribution >= 0.6 is 0 Å². The third-order valence-electron chi connectivity index (χ3n) is 5.85. The molecular weight excluding hydrogens is 386 g/mol. The first-order valence-corrected chi connectivity index (χ1v) is 10.7. The minimum Gasteiger partial charge on any atom is -0.362 e. The summed E-state index contributed by atoms with van der Waals surface area (Å²) in [5.41, 5.74) is 4.95. The molecule has 1 aliphatic heterocycles. The number of aryl methyl sites for hydroxylation is 1. The number of hydrogen-bond donors (Lipinski definition) is 1. The van der Waals surface area contributed by atoms with Crippen molar-refractivity contribution in [2.75, 3.05) is 26.7 Å². The largest absolute Gasteiger partial charge is 0.362 e. The molecule has 5 heteroatoms. The van der Waals surface area contributed by atoms with E-state index >= 15 is 0 Å². The smallest absolute Gasteiger partial charge is 0.253 e. The van der Waals surface area contributed by atoms with Gasteiger partial charge in [0.05, 0.1) is 6.61 Å². The number of aromatic nitrogens is 1. The molecule has 0 saturated carbocycles. The third-order valence-corrected chi connectivity index (χ3v) is 5.85. The minimum atomic E-state index is -0.894. The molecule has 1 N–H and O–H groups in total. The molecule has 0 aliphatic carbocycles. The Labute approximate surface area is 184 Å². The van der Waals surface area contributed by atoms with Crippen molar-refractivity contribution in [3.63, 3.8) is 0 Å². The van der Waals surface area contributed by atoms with Gasteiger partial charge in [-0.1, -0.05) is 54.1 Å². The summed E-state index contributed by atoms with van der Waals surface area (Å²) in [5.74, 6) is -0.0698. The van der Waals surface area contributed by atoms with E-state index in [-0.39, 0.29) is 5.91 Å². The molecule has 3 aromatic rings. The van der Waals surface area contributed by atoms with Crippen LogP contribution in [-0.4, -0.2) is 48.1 Å². The highest BCUT2D eigenvalue weighted by molar-refractivity contribution is 5.86. The summed E-state index contributed by atoms with van der Waals surface area (Å²) in [4.78, 5) is 19.4. The number of carbonyl (C=O) groups is 1. The van der Waals surface area contributed by atoms with Crippen LogP contribution in [0.15, 0.2) is 73.1 Å². The van der Waals surface area contributed by atoms with Crippen LogP contribution in [0.25, 0.3) is 11.1 Å². The Kier molecular flexibility index (Phi) is 6.44. The van der Waals surface area contributed by atoms with Gasteiger partial charge in [-0.2, -0.15) is 0 Å². The van der Waals surface area contributed by atoms with Crippen LogP contribution in [0.2, 0.25) is 0 Å². The van der Waals surface area contributed by atoms with E-state index in [2.05, 4.69) is 70.7 Å². The van der Waals surface area contributed by atoms with Crippen molar-refractivity contribution in [1.82, 2.24) is 15.2 Å². The fourth-order valence-electron chi connectivity index (χ4n) is 4.30. The van der Waals surface area contributed by atoms with Gasteiger partial charge in [0.2, 0.25) is 0 Å². The van der Waals surface area contributed by atoms with Crippen LogP contribution in [0.3, 0.4) is 0 Å². The van der Waals surface area contributed by atoms with Crippen LogP contribution in [0.1, 0.15) is 16.7 Å². The maximum atomic E-state index is 13.0. The second-order valence-corrected chi connectivity index (χ2v) is 8.23. The molecule has 0 radical (unpaired) electrons. The molecule has 2 heterocycles. The van der Waals surface area contributed by atoms with Gasteiger partial charge in [-0.15, -0.1) is 0 Å². The summed E-state index contributed by atoms with van der Waals surface area (Å²) in [6.07, 6.45) is 4.12. The Balaban J connectivity index is 1.53. The Bertz CT molecular complexity index is 1020. The molecule has 0 unspecified atom stereocenters. The van der Waals surface area contributed by atoms with Gasteiger partial charge in [0.1, 0.15) is 0 Å². The van der Waals surface area contributed by atoms with E-state index in [1.807, 2.05) is 12.1 Å².